The third kappa shape index (κ3) is 5.28. The molecule has 1 amide bonds. The van der Waals surface area contributed by atoms with Crippen LogP contribution in [0.1, 0.15) is 11.6 Å². The Kier molecular flexibility index (Phi) is 4.74. The Morgan fingerprint density at radius 2 is 1.84 bits per heavy atom. The number of ether oxygens (including phenoxy) is 1. The fraction of sp³-hybridized carbons (Fsp3) is 0.273. The average Bonchev–Trinajstić information content (AvgIpc) is 2.33. The van der Waals surface area contributed by atoms with Crippen LogP contribution in [0.3, 0.4) is 0 Å². The standard InChI is InChI=1S/C11H10F3NO4/c12-11(13,14)6-19-10(18)15-8(9(16)17)7-4-2-1-3-5-7/h1-5,8H,6H2,(H,15,18)(H,16,17)/t8-/m1/s1. The van der Waals surface area contributed by atoms with Crippen molar-refractivity contribution in [2.75, 3.05) is 6.61 Å². The summed E-state index contributed by atoms with van der Waals surface area (Å²) in [6.07, 6.45) is -6.11. The van der Waals surface area contributed by atoms with Gasteiger partial charge < -0.3 is 15.2 Å². The third-order valence-electron chi connectivity index (χ3n) is 2.01. The number of hydrogen-bond donors (Lipinski definition) is 2. The van der Waals surface area contributed by atoms with Crippen molar-refractivity contribution in [3.8, 4) is 0 Å². The Hall–Kier alpha value is -2.25. The Morgan fingerprint density at radius 1 is 1.26 bits per heavy atom. The van der Waals surface area contributed by atoms with Gasteiger partial charge in [0.1, 0.15) is 0 Å². The zero-order chi connectivity index (χ0) is 14.5. The molecule has 2 N–H and O–H groups in total. The summed E-state index contributed by atoms with van der Waals surface area (Å²) in [5, 5.41) is 10.8. The van der Waals surface area contributed by atoms with Gasteiger partial charge in [-0.05, 0) is 5.56 Å². The molecule has 1 rings (SSSR count). The lowest BCUT2D eigenvalue weighted by atomic mass is 10.1. The van der Waals surface area contributed by atoms with Gasteiger partial charge in [0.25, 0.3) is 0 Å². The van der Waals surface area contributed by atoms with E-state index < -0.39 is 30.9 Å². The first-order valence-corrected chi connectivity index (χ1v) is 5.07. The first-order valence-electron chi connectivity index (χ1n) is 5.07. The molecule has 0 aliphatic carbocycles. The molecular weight excluding hydrogens is 267 g/mol. The van der Waals surface area contributed by atoms with Crippen molar-refractivity contribution in [2.24, 2.45) is 0 Å². The van der Waals surface area contributed by atoms with E-state index in [0.29, 0.717) is 0 Å². The number of hydrogen-bond acceptors (Lipinski definition) is 3. The van der Waals surface area contributed by atoms with Crippen molar-refractivity contribution in [2.45, 2.75) is 12.2 Å². The minimum Gasteiger partial charge on any atom is -0.479 e. The van der Waals surface area contributed by atoms with Gasteiger partial charge in [-0.15, -0.1) is 0 Å². The largest absolute Gasteiger partial charge is 0.479 e. The summed E-state index contributed by atoms with van der Waals surface area (Å²) in [6.45, 7) is -1.78. The molecule has 0 aromatic heterocycles. The fourth-order valence-corrected chi connectivity index (χ4v) is 1.24. The van der Waals surface area contributed by atoms with Crippen LogP contribution < -0.4 is 5.32 Å². The maximum Gasteiger partial charge on any atom is 0.422 e. The number of carbonyl (C=O) groups excluding carboxylic acids is 1. The summed E-state index contributed by atoms with van der Waals surface area (Å²) < 4.78 is 39.3. The van der Waals surface area contributed by atoms with E-state index in [4.69, 9.17) is 5.11 Å². The van der Waals surface area contributed by atoms with Crippen LogP contribution in [0, 0.1) is 0 Å². The van der Waals surface area contributed by atoms with Crippen molar-refractivity contribution in [3.05, 3.63) is 35.9 Å². The molecule has 0 spiro atoms. The number of aliphatic carboxylic acids is 1. The highest BCUT2D eigenvalue weighted by Gasteiger charge is 2.30. The maximum atomic E-state index is 11.8. The van der Waals surface area contributed by atoms with Crippen LogP contribution in [-0.4, -0.2) is 30.0 Å². The highest BCUT2D eigenvalue weighted by molar-refractivity contribution is 5.81. The molecule has 8 heteroatoms. The summed E-state index contributed by atoms with van der Waals surface area (Å²) in [4.78, 5) is 22.0. The van der Waals surface area contributed by atoms with Crippen molar-refractivity contribution in [1.82, 2.24) is 5.32 Å². The highest BCUT2D eigenvalue weighted by atomic mass is 19.4. The number of carboxylic acids is 1. The minimum absolute atomic E-state index is 0.221. The second-order valence-corrected chi connectivity index (χ2v) is 3.52. The summed E-state index contributed by atoms with van der Waals surface area (Å²) >= 11 is 0. The van der Waals surface area contributed by atoms with Crippen molar-refractivity contribution >= 4 is 12.1 Å². The number of carboxylic acid groups (broad SMARTS) is 1. The third-order valence-corrected chi connectivity index (χ3v) is 2.01. The molecule has 0 aliphatic heterocycles. The average molecular weight is 277 g/mol. The van der Waals surface area contributed by atoms with E-state index in [0.717, 1.165) is 0 Å². The molecule has 1 aromatic carbocycles. The Bertz CT molecular complexity index is 447. The number of alkyl carbamates (subject to hydrolysis) is 1. The van der Waals surface area contributed by atoms with E-state index in [1.54, 1.807) is 6.07 Å². The molecule has 0 fully saturated rings. The van der Waals surface area contributed by atoms with E-state index in [9.17, 15) is 22.8 Å². The van der Waals surface area contributed by atoms with Gasteiger partial charge in [0, 0.05) is 0 Å². The topological polar surface area (TPSA) is 75.6 Å². The molecule has 1 atom stereocenters. The summed E-state index contributed by atoms with van der Waals surface area (Å²) in [5.74, 6) is -1.41. The van der Waals surface area contributed by atoms with Crippen molar-refractivity contribution in [1.29, 1.82) is 0 Å². The van der Waals surface area contributed by atoms with Gasteiger partial charge in [-0.3, -0.25) is 0 Å². The number of benzene rings is 1. The lowest BCUT2D eigenvalue weighted by Crippen LogP contribution is -2.35. The second kappa shape index (κ2) is 6.07. The van der Waals surface area contributed by atoms with Gasteiger partial charge in [-0.2, -0.15) is 13.2 Å². The quantitative estimate of drug-likeness (QED) is 0.883. The molecule has 1 aromatic rings. The Labute approximate surface area is 106 Å². The molecule has 0 unspecified atom stereocenters. The number of amides is 1. The maximum absolute atomic E-state index is 11.8. The molecule has 19 heavy (non-hydrogen) atoms. The van der Waals surface area contributed by atoms with Gasteiger partial charge in [-0.25, -0.2) is 9.59 Å². The van der Waals surface area contributed by atoms with Gasteiger partial charge >= 0.3 is 18.2 Å². The lowest BCUT2D eigenvalue weighted by molar-refractivity contribution is -0.160. The lowest BCUT2D eigenvalue weighted by Gasteiger charge is -2.15. The SMILES string of the molecule is O=C(N[C@@H](C(=O)O)c1ccccc1)OCC(F)(F)F. The number of nitrogens with one attached hydrogen (secondary N) is 1. The van der Waals surface area contributed by atoms with Crippen LogP contribution in [0.5, 0.6) is 0 Å². The predicted octanol–water partition coefficient (Wildman–Crippen LogP) is 2.10. The monoisotopic (exact) mass is 277 g/mol. The van der Waals surface area contributed by atoms with E-state index in [-0.39, 0.29) is 5.56 Å². The molecule has 104 valence electrons. The smallest absolute Gasteiger partial charge is 0.422 e. The summed E-state index contributed by atoms with van der Waals surface area (Å²) in [7, 11) is 0. The van der Waals surface area contributed by atoms with Crippen molar-refractivity contribution in [3.63, 3.8) is 0 Å². The van der Waals surface area contributed by atoms with E-state index in [2.05, 4.69) is 4.74 Å². The Balaban J connectivity index is 2.65. The van der Waals surface area contributed by atoms with Gasteiger partial charge in [0.15, 0.2) is 12.6 Å². The predicted molar refractivity (Wildman–Crippen MR) is 57.4 cm³/mol. The number of halogens is 3. The molecule has 5 nitrogen and oxygen atoms in total. The molecule has 0 saturated heterocycles. The normalized spacial score (nSPS) is 12.6. The molecule has 0 bridgehead atoms. The summed E-state index contributed by atoms with van der Waals surface area (Å²) in [5.41, 5.74) is 0.221. The fourth-order valence-electron chi connectivity index (χ4n) is 1.24. The second-order valence-electron chi connectivity index (χ2n) is 3.52. The van der Waals surface area contributed by atoms with Gasteiger partial charge in [0.05, 0.1) is 0 Å². The van der Waals surface area contributed by atoms with Crippen LogP contribution >= 0.6 is 0 Å². The molecule has 0 aliphatic rings. The first kappa shape index (κ1) is 14.8. The van der Waals surface area contributed by atoms with Gasteiger partial charge in [-0.1, -0.05) is 30.3 Å². The van der Waals surface area contributed by atoms with E-state index in [1.165, 1.54) is 24.3 Å². The number of rotatable bonds is 4. The van der Waals surface area contributed by atoms with E-state index >= 15 is 0 Å². The van der Waals surface area contributed by atoms with Crippen LogP contribution in [-0.2, 0) is 9.53 Å². The first-order chi connectivity index (χ1) is 8.79. The minimum atomic E-state index is -4.66. The zero-order valence-corrected chi connectivity index (χ0v) is 9.48. The van der Waals surface area contributed by atoms with Crippen LogP contribution in [0.15, 0.2) is 30.3 Å². The number of carbonyl (C=O) groups is 2. The molecule has 0 heterocycles. The molecular formula is C11H10F3NO4. The molecule has 0 saturated carbocycles. The van der Waals surface area contributed by atoms with Gasteiger partial charge in [0.2, 0.25) is 0 Å². The zero-order valence-electron chi connectivity index (χ0n) is 9.48. The van der Waals surface area contributed by atoms with Crippen LogP contribution in [0.25, 0.3) is 0 Å². The number of alkyl halides is 3. The molecule has 0 radical (unpaired) electrons. The van der Waals surface area contributed by atoms with Crippen molar-refractivity contribution < 1.29 is 32.6 Å². The van der Waals surface area contributed by atoms with Crippen LogP contribution in [0.4, 0.5) is 18.0 Å². The van der Waals surface area contributed by atoms with Crippen LogP contribution in [0.2, 0.25) is 0 Å². The highest BCUT2D eigenvalue weighted by Crippen LogP contribution is 2.16. The summed E-state index contributed by atoms with van der Waals surface area (Å²) in [6, 6.07) is 6.07. The Morgan fingerprint density at radius 3 is 2.32 bits per heavy atom. The van der Waals surface area contributed by atoms with E-state index in [1.807, 2.05) is 5.32 Å².